The number of rotatable bonds is 5. The van der Waals surface area contributed by atoms with Crippen molar-refractivity contribution in [3.63, 3.8) is 0 Å². The molecule has 1 aromatic rings. The molecule has 20 heavy (non-hydrogen) atoms. The van der Waals surface area contributed by atoms with Gasteiger partial charge in [-0.3, -0.25) is 0 Å². The van der Waals surface area contributed by atoms with Crippen LogP contribution in [0.2, 0.25) is 0 Å². The maximum absolute atomic E-state index is 12.0. The number of carbonyl (C=O) groups excluding carboxylic acids is 1. The van der Waals surface area contributed by atoms with Crippen LogP contribution >= 0.6 is 0 Å². The average Bonchev–Trinajstić information content (AvgIpc) is 2.39. The standard InChI is InChI=1S/C15H22N2O3/c1-5-9(2)13(14(18)19)17-15(20)16-12-10(3)7-6-8-11(12)4/h6-9,13H,5H2,1-4H3,(H,18,19)(H2,16,17,20). The van der Waals surface area contributed by atoms with E-state index in [-0.39, 0.29) is 5.92 Å². The zero-order valence-electron chi connectivity index (χ0n) is 12.4. The Morgan fingerprint density at radius 1 is 1.25 bits per heavy atom. The molecular formula is C15H22N2O3. The van der Waals surface area contributed by atoms with Crippen molar-refractivity contribution in [3.8, 4) is 0 Å². The van der Waals surface area contributed by atoms with Crippen LogP contribution in [-0.2, 0) is 4.79 Å². The van der Waals surface area contributed by atoms with Crippen molar-refractivity contribution >= 4 is 17.7 Å². The summed E-state index contributed by atoms with van der Waals surface area (Å²) >= 11 is 0. The molecule has 2 unspecified atom stereocenters. The summed E-state index contributed by atoms with van der Waals surface area (Å²) in [6.45, 7) is 7.49. The van der Waals surface area contributed by atoms with Crippen LogP contribution in [0.5, 0.6) is 0 Å². The summed E-state index contributed by atoms with van der Waals surface area (Å²) in [7, 11) is 0. The van der Waals surface area contributed by atoms with Crippen LogP contribution in [0.4, 0.5) is 10.5 Å². The van der Waals surface area contributed by atoms with Crippen molar-refractivity contribution in [2.24, 2.45) is 5.92 Å². The number of amides is 2. The molecule has 0 heterocycles. The van der Waals surface area contributed by atoms with Gasteiger partial charge in [0.25, 0.3) is 0 Å². The molecule has 0 aliphatic heterocycles. The number of aliphatic carboxylic acids is 1. The van der Waals surface area contributed by atoms with E-state index in [1.807, 2.05) is 39.0 Å². The molecule has 5 heteroatoms. The van der Waals surface area contributed by atoms with E-state index in [1.54, 1.807) is 6.92 Å². The number of hydrogen-bond acceptors (Lipinski definition) is 2. The van der Waals surface area contributed by atoms with Gasteiger partial charge in [0.2, 0.25) is 0 Å². The molecule has 0 fully saturated rings. The van der Waals surface area contributed by atoms with Gasteiger partial charge in [0.15, 0.2) is 0 Å². The van der Waals surface area contributed by atoms with E-state index in [1.165, 1.54) is 0 Å². The molecule has 0 saturated carbocycles. The molecular weight excluding hydrogens is 256 g/mol. The van der Waals surface area contributed by atoms with Gasteiger partial charge in [-0.1, -0.05) is 38.5 Å². The topological polar surface area (TPSA) is 78.4 Å². The maximum atomic E-state index is 12.0. The zero-order valence-corrected chi connectivity index (χ0v) is 12.4. The molecule has 0 aliphatic rings. The minimum atomic E-state index is -1.02. The minimum Gasteiger partial charge on any atom is -0.480 e. The lowest BCUT2D eigenvalue weighted by atomic mass is 9.99. The fourth-order valence-corrected chi connectivity index (χ4v) is 1.99. The first-order chi connectivity index (χ1) is 9.36. The van der Waals surface area contributed by atoms with Gasteiger partial charge in [-0.25, -0.2) is 9.59 Å². The van der Waals surface area contributed by atoms with Crippen LogP contribution in [-0.4, -0.2) is 23.1 Å². The maximum Gasteiger partial charge on any atom is 0.326 e. The lowest BCUT2D eigenvalue weighted by Gasteiger charge is -2.21. The molecule has 0 aromatic heterocycles. The predicted molar refractivity (Wildman–Crippen MR) is 78.9 cm³/mol. The zero-order chi connectivity index (χ0) is 15.3. The summed E-state index contributed by atoms with van der Waals surface area (Å²) in [4.78, 5) is 23.1. The van der Waals surface area contributed by atoms with Crippen molar-refractivity contribution in [2.75, 3.05) is 5.32 Å². The van der Waals surface area contributed by atoms with Crippen molar-refractivity contribution in [2.45, 2.75) is 40.2 Å². The first-order valence-electron chi connectivity index (χ1n) is 6.73. The largest absolute Gasteiger partial charge is 0.480 e. The lowest BCUT2D eigenvalue weighted by Crippen LogP contribution is -2.46. The third-order valence-electron chi connectivity index (χ3n) is 3.49. The minimum absolute atomic E-state index is 0.129. The third-order valence-corrected chi connectivity index (χ3v) is 3.49. The highest BCUT2D eigenvalue weighted by molar-refractivity contribution is 5.93. The van der Waals surface area contributed by atoms with Crippen LogP contribution in [0, 0.1) is 19.8 Å². The summed E-state index contributed by atoms with van der Waals surface area (Å²) in [6, 6.07) is 4.32. The quantitative estimate of drug-likeness (QED) is 0.775. The van der Waals surface area contributed by atoms with Crippen molar-refractivity contribution < 1.29 is 14.7 Å². The van der Waals surface area contributed by atoms with E-state index in [9.17, 15) is 9.59 Å². The number of benzene rings is 1. The smallest absolute Gasteiger partial charge is 0.326 e. The van der Waals surface area contributed by atoms with E-state index >= 15 is 0 Å². The van der Waals surface area contributed by atoms with E-state index in [4.69, 9.17) is 5.11 Å². The second-order valence-electron chi connectivity index (χ2n) is 5.07. The summed E-state index contributed by atoms with van der Waals surface area (Å²) < 4.78 is 0. The molecule has 0 bridgehead atoms. The molecule has 0 aliphatic carbocycles. The second-order valence-corrected chi connectivity index (χ2v) is 5.07. The highest BCUT2D eigenvalue weighted by atomic mass is 16.4. The Balaban J connectivity index is 2.79. The molecule has 5 nitrogen and oxygen atoms in total. The van der Waals surface area contributed by atoms with Crippen LogP contribution in [0.1, 0.15) is 31.4 Å². The van der Waals surface area contributed by atoms with E-state index in [0.29, 0.717) is 6.42 Å². The Morgan fingerprint density at radius 3 is 2.25 bits per heavy atom. The Hall–Kier alpha value is -2.04. The van der Waals surface area contributed by atoms with Crippen LogP contribution < -0.4 is 10.6 Å². The number of carbonyl (C=O) groups is 2. The van der Waals surface area contributed by atoms with Gasteiger partial charge in [0.1, 0.15) is 6.04 Å². The van der Waals surface area contributed by atoms with E-state index < -0.39 is 18.0 Å². The fraction of sp³-hybridized carbons (Fsp3) is 0.467. The Bertz CT molecular complexity index is 480. The molecule has 1 aromatic carbocycles. The SMILES string of the molecule is CCC(C)C(NC(=O)Nc1c(C)cccc1C)C(=O)O. The Kier molecular flexibility index (Phi) is 5.55. The van der Waals surface area contributed by atoms with Crippen molar-refractivity contribution in [1.82, 2.24) is 5.32 Å². The summed E-state index contributed by atoms with van der Waals surface area (Å²) in [6.07, 6.45) is 0.681. The first-order valence-corrected chi connectivity index (χ1v) is 6.73. The highest BCUT2D eigenvalue weighted by Gasteiger charge is 2.25. The number of para-hydroxylation sites is 1. The number of anilines is 1. The number of aryl methyl sites for hydroxylation is 2. The molecule has 110 valence electrons. The van der Waals surface area contributed by atoms with Gasteiger partial charge in [-0.15, -0.1) is 0 Å². The van der Waals surface area contributed by atoms with E-state index in [2.05, 4.69) is 10.6 Å². The monoisotopic (exact) mass is 278 g/mol. The van der Waals surface area contributed by atoms with Gasteiger partial charge in [-0.2, -0.15) is 0 Å². The van der Waals surface area contributed by atoms with Gasteiger partial charge in [0.05, 0.1) is 0 Å². The molecule has 3 N–H and O–H groups in total. The highest BCUT2D eigenvalue weighted by Crippen LogP contribution is 2.19. The van der Waals surface area contributed by atoms with Crippen molar-refractivity contribution in [3.05, 3.63) is 29.3 Å². The summed E-state index contributed by atoms with van der Waals surface area (Å²) in [5.41, 5.74) is 2.60. The van der Waals surface area contributed by atoms with Crippen LogP contribution in [0.3, 0.4) is 0 Å². The predicted octanol–water partition coefficient (Wildman–Crippen LogP) is 2.92. The number of hydrogen-bond donors (Lipinski definition) is 3. The van der Waals surface area contributed by atoms with Gasteiger partial charge in [-0.05, 0) is 30.9 Å². The van der Waals surface area contributed by atoms with Crippen LogP contribution in [0.15, 0.2) is 18.2 Å². The van der Waals surface area contributed by atoms with Crippen molar-refractivity contribution in [1.29, 1.82) is 0 Å². The third kappa shape index (κ3) is 3.98. The Morgan fingerprint density at radius 2 is 1.80 bits per heavy atom. The molecule has 2 atom stereocenters. The number of urea groups is 1. The summed E-state index contributed by atoms with van der Waals surface area (Å²) in [5.74, 6) is -1.15. The fourth-order valence-electron chi connectivity index (χ4n) is 1.99. The number of nitrogens with one attached hydrogen (secondary N) is 2. The molecule has 2 amide bonds. The van der Waals surface area contributed by atoms with Gasteiger partial charge < -0.3 is 15.7 Å². The van der Waals surface area contributed by atoms with Crippen LogP contribution in [0.25, 0.3) is 0 Å². The average molecular weight is 278 g/mol. The summed E-state index contributed by atoms with van der Waals surface area (Å²) in [5, 5.41) is 14.4. The first kappa shape index (κ1) is 16.0. The molecule has 0 saturated heterocycles. The molecule has 0 spiro atoms. The normalized spacial score (nSPS) is 13.4. The number of carboxylic acid groups (broad SMARTS) is 1. The van der Waals surface area contributed by atoms with Gasteiger partial charge in [0, 0.05) is 5.69 Å². The Labute approximate surface area is 119 Å². The van der Waals surface area contributed by atoms with Gasteiger partial charge >= 0.3 is 12.0 Å². The lowest BCUT2D eigenvalue weighted by molar-refractivity contribution is -0.140. The molecule has 1 rings (SSSR count). The van der Waals surface area contributed by atoms with E-state index in [0.717, 1.165) is 16.8 Å². The second kappa shape index (κ2) is 6.93. The number of carboxylic acids is 1. The molecule has 0 radical (unpaired) electrons.